The quantitative estimate of drug-likeness (QED) is 0.691. The van der Waals surface area contributed by atoms with Crippen LogP contribution in [0, 0.1) is 0 Å². The predicted octanol–water partition coefficient (Wildman–Crippen LogP) is 2.11. The number of halogens is 1. The first-order chi connectivity index (χ1) is 6.16. The molecule has 68 valence electrons. The summed E-state index contributed by atoms with van der Waals surface area (Å²) < 4.78 is 5.48. The summed E-state index contributed by atoms with van der Waals surface area (Å²) in [6.45, 7) is 1.86. The van der Waals surface area contributed by atoms with Gasteiger partial charge in [-0.05, 0) is 25.1 Å². The highest BCUT2D eigenvalue weighted by atomic mass is 35.5. The number of aliphatic imine (C=N–C) groups is 1. The molecule has 1 aliphatic rings. The van der Waals surface area contributed by atoms with Gasteiger partial charge in [-0.2, -0.15) is 0 Å². The Morgan fingerprint density at radius 3 is 3.08 bits per heavy atom. The zero-order chi connectivity index (χ0) is 9.42. The summed E-state index contributed by atoms with van der Waals surface area (Å²) in [6, 6.07) is 5.30. The molecule has 13 heavy (non-hydrogen) atoms. The zero-order valence-electron chi connectivity index (χ0n) is 7.12. The van der Waals surface area contributed by atoms with Crippen molar-refractivity contribution in [2.24, 2.45) is 10.7 Å². The highest BCUT2D eigenvalue weighted by Gasteiger charge is 2.17. The first-order valence-corrected chi connectivity index (χ1v) is 4.35. The van der Waals surface area contributed by atoms with Gasteiger partial charge in [-0.25, -0.2) is 4.99 Å². The van der Waals surface area contributed by atoms with E-state index < -0.39 is 0 Å². The Hall–Kier alpha value is -1.22. The van der Waals surface area contributed by atoms with E-state index in [2.05, 4.69) is 4.99 Å². The lowest BCUT2D eigenvalue weighted by atomic mass is 10.2. The molecule has 2 N–H and O–H groups in total. The van der Waals surface area contributed by atoms with Crippen molar-refractivity contribution in [2.45, 2.75) is 13.0 Å². The summed E-state index contributed by atoms with van der Waals surface area (Å²) in [5.74, 6) is 1.21. The van der Waals surface area contributed by atoms with Crippen molar-refractivity contribution in [1.29, 1.82) is 0 Å². The summed E-state index contributed by atoms with van der Waals surface area (Å²) in [5, 5.41) is 0.633. The molecule has 1 unspecified atom stereocenters. The number of amidine groups is 1. The van der Waals surface area contributed by atoms with Crippen LogP contribution in [-0.2, 0) is 0 Å². The van der Waals surface area contributed by atoms with Crippen LogP contribution in [-0.4, -0.2) is 11.9 Å². The Labute approximate surface area is 81.2 Å². The molecule has 0 radical (unpaired) electrons. The minimum Gasteiger partial charge on any atom is -0.481 e. The normalized spacial score (nSPS) is 20.2. The molecule has 0 spiro atoms. The summed E-state index contributed by atoms with van der Waals surface area (Å²) in [6.07, 6.45) is -0.159. The maximum absolute atomic E-state index is 5.80. The number of rotatable bonds is 0. The smallest absolute Gasteiger partial charge is 0.153 e. The van der Waals surface area contributed by atoms with Gasteiger partial charge in [0.2, 0.25) is 0 Å². The number of benzene rings is 1. The van der Waals surface area contributed by atoms with Gasteiger partial charge >= 0.3 is 0 Å². The molecular formula is C9H9ClN2O. The van der Waals surface area contributed by atoms with Gasteiger partial charge in [0.1, 0.15) is 17.3 Å². The van der Waals surface area contributed by atoms with Gasteiger partial charge in [-0.15, -0.1) is 0 Å². The molecule has 0 fully saturated rings. The lowest BCUT2D eigenvalue weighted by Crippen LogP contribution is -2.33. The van der Waals surface area contributed by atoms with Crippen molar-refractivity contribution in [3.8, 4) is 5.75 Å². The predicted molar refractivity (Wildman–Crippen MR) is 52.8 cm³/mol. The van der Waals surface area contributed by atoms with Gasteiger partial charge in [-0.3, -0.25) is 0 Å². The van der Waals surface area contributed by atoms with Crippen molar-refractivity contribution in [1.82, 2.24) is 0 Å². The highest BCUT2D eigenvalue weighted by Crippen LogP contribution is 2.33. The molecule has 1 heterocycles. The first kappa shape index (κ1) is 8.38. The van der Waals surface area contributed by atoms with Crippen molar-refractivity contribution >= 4 is 23.1 Å². The maximum Gasteiger partial charge on any atom is 0.153 e. The number of fused-ring (bicyclic) bond motifs is 1. The van der Waals surface area contributed by atoms with Crippen molar-refractivity contribution in [3.63, 3.8) is 0 Å². The van der Waals surface area contributed by atoms with Gasteiger partial charge in [0.25, 0.3) is 0 Å². The third-order valence-corrected chi connectivity index (χ3v) is 2.13. The van der Waals surface area contributed by atoms with Crippen LogP contribution >= 0.6 is 11.6 Å². The first-order valence-electron chi connectivity index (χ1n) is 3.97. The third kappa shape index (κ3) is 1.47. The second-order valence-electron chi connectivity index (χ2n) is 2.91. The van der Waals surface area contributed by atoms with E-state index in [1.165, 1.54) is 0 Å². The second kappa shape index (κ2) is 2.92. The molecule has 0 saturated carbocycles. The minimum atomic E-state index is -0.159. The molecule has 0 bridgehead atoms. The van der Waals surface area contributed by atoms with Crippen LogP contribution < -0.4 is 10.5 Å². The zero-order valence-corrected chi connectivity index (χ0v) is 7.88. The average Bonchev–Trinajstić information content (AvgIpc) is 2.08. The molecule has 0 saturated heterocycles. The summed E-state index contributed by atoms with van der Waals surface area (Å²) in [7, 11) is 0. The van der Waals surface area contributed by atoms with E-state index in [1.54, 1.807) is 18.2 Å². The van der Waals surface area contributed by atoms with Gasteiger partial charge < -0.3 is 10.5 Å². The van der Waals surface area contributed by atoms with Crippen LogP contribution in [0.25, 0.3) is 0 Å². The van der Waals surface area contributed by atoms with Crippen LogP contribution in [0.1, 0.15) is 6.92 Å². The van der Waals surface area contributed by atoms with Crippen LogP contribution in [0.4, 0.5) is 5.69 Å². The topological polar surface area (TPSA) is 47.6 Å². The summed E-state index contributed by atoms with van der Waals surface area (Å²) in [4.78, 5) is 4.17. The maximum atomic E-state index is 5.80. The summed E-state index contributed by atoms with van der Waals surface area (Å²) >= 11 is 5.80. The summed E-state index contributed by atoms with van der Waals surface area (Å²) in [5.41, 5.74) is 6.32. The lowest BCUT2D eigenvalue weighted by Gasteiger charge is -2.20. The Bertz CT molecular complexity index is 376. The van der Waals surface area contributed by atoms with Crippen molar-refractivity contribution < 1.29 is 4.74 Å². The standard InChI is InChI=1S/C9H9ClN2O/c1-5-9(11)12-7-4-6(10)2-3-8(7)13-5/h2-5H,1H3,(H2,11,12). The molecule has 1 aromatic carbocycles. The molecule has 1 aliphatic heterocycles. The van der Waals surface area contributed by atoms with E-state index in [-0.39, 0.29) is 6.10 Å². The molecule has 1 atom stereocenters. The second-order valence-corrected chi connectivity index (χ2v) is 3.35. The van der Waals surface area contributed by atoms with E-state index in [0.29, 0.717) is 16.5 Å². The van der Waals surface area contributed by atoms with E-state index >= 15 is 0 Å². The molecule has 3 nitrogen and oxygen atoms in total. The van der Waals surface area contributed by atoms with E-state index in [1.807, 2.05) is 6.92 Å². The number of nitrogens with zero attached hydrogens (tertiary/aromatic N) is 1. The Morgan fingerprint density at radius 1 is 1.54 bits per heavy atom. The number of hydrogen-bond acceptors (Lipinski definition) is 3. The number of nitrogens with two attached hydrogens (primary N) is 1. The van der Waals surface area contributed by atoms with Crippen LogP contribution in [0.2, 0.25) is 5.02 Å². The molecule has 4 heteroatoms. The Balaban J connectivity index is 2.51. The van der Waals surface area contributed by atoms with E-state index in [0.717, 1.165) is 5.75 Å². The van der Waals surface area contributed by atoms with Gasteiger partial charge in [0.05, 0.1) is 0 Å². The molecular weight excluding hydrogens is 188 g/mol. The average molecular weight is 197 g/mol. The van der Waals surface area contributed by atoms with Crippen molar-refractivity contribution in [3.05, 3.63) is 23.2 Å². The van der Waals surface area contributed by atoms with E-state index in [4.69, 9.17) is 22.1 Å². The molecule has 0 aliphatic carbocycles. The fourth-order valence-corrected chi connectivity index (χ4v) is 1.32. The van der Waals surface area contributed by atoms with E-state index in [9.17, 15) is 0 Å². The lowest BCUT2D eigenvalue weighted by molar-refractivity contribution is 0.281. The Morgan fingerprint density at radius 2 is 2.31 bits per heavy atom. The number of ether oxygens (including phenoxy) is 1. The minimum absolute atomic E-state index is 0.159. The monoisotopic (exact) mass is 196 g/mol. The van der Waals surface area contributed by atoms with Gasteiger partial charge in [0.15, 0.2) is 6.10 Å². The highest BCUT2D eigenvalue weighted by molar-refractivity contribution is 6.30. The fraction of sp³-hybridized carbons (Fsp3) is 0.222. The number of hydrogen-bond donors (Lipinski definition) is 1. The van der Waals surface area contributed by atoms with Crippen LogP contribution in [0.15, 0.2) is 23.2 Å². The Kier molecular flexibility index (Phi) is 1.88. The molecule has 0 aromatic heterocycles. The molecule has 1 aromatic rings. The molecule has 0 amide bonds. The molecule has 2 rings (SSSR count). The third-order valence-electron chi connectivity index (χ3n) is 1.89. The van der Waals surface area contributed by atoms with Crippen LogP contribution in [0.3, 0.4) is 0 Å². The van der Waals surface area contributed by atoms with Gasteiger partial charge in [0, 0.05) is 5.02 Å². The van der Waals surface area contributed by atoms with Crippen LogP contribution in [0.5, 0.6) is 5.75 Å². The van der Waals surface area contributed by atoms with Gasteiger partial charge in [-0.1, -0.05) is 11.6 Å². The SMILES string of the molecule is CC1Oc2ccc(Cl)cc2N=C1N. The largest absolute Gasteiger partial charge is 0.481 e. The fourth-order valence-electron chi connectivity index (χ4n) is 1.16. The van der Waals surface area contributed by atoms with Crippen molar-refractivity contribution in [2.75, 3.05) is 0 Å².